The molecule has 1 aliphatic heterocycles. The van der Waals surface area contributed by atoms with Crippen molar-refractivity contribution in [1.29, 1.82) is 0 Å². The Kier molecular flexibility index (Phi) is 4.62. The summed E-state index contributed by atoms with van der Waals surface area (Å²) in [6, 6.07) is 7.86. The molecular weight excluding hydrogens is 246 g/mol. The van der Waals surface area contributed by atoms with Gasteiger partial charge in [-0.15, -0.1) is 0 Å². The number of ether oxygens (including phenoxy) is 1. The zero-order valence-corrected chi connectivity index (χ0v) is 12.7. The van der Waals surface area contributed by atoms with Crippen LogP contribution in [0.2, 0.25) is 0 Å². The molecule has 1 heterocycles. The maximum atomic E-state index is 5.59. The summed E-state index contributed by atoms with van der Waals surface area (Å²) in [6.07, 6.45) is 10.8. The molecule has 1 fully saturated rings. The molecule has 0 saturated heterocycles. The first-order valence-electron chi connectivity index (χ1n) is 8.34. The second-order valence-electron chi connectivity index (χ2n) is 6.40. The molecule has 1 unspecified atom stereocenters. The van der Waals surface area contributed by atoms with Crippen molar-refractivity contribution >= 4 is 0 Å². The van der Waals surface area contributed by atoms with Crippen molar-refractivity contribution in [1.82, 2.24) is 5.32 Å². The van der Waals surface area contributed by atoms with Gasteiger partial charge in [0.15, 0.2) is 0 Å². The molecule has 0 bridgehead atoms. The van der Waals surface area contributed by atoms with E-state index in [0.717, 1.165) is 18.8 Å². The zero-order chi connectivity index (χ0) is 13.8. The quantitative estimate of drug-likeness (QED) is 0.882. The third-order valence-corrected chi connectivity index (χ3v) is 4.80. The van der Waals surface area contributed by atoms with Crippen LogP contribution < -0.4 is 10.1 Å². The van der Waals surface area contributed by atoms with Gasteiger partial charge in [0, 0.05) is 18.5 Å². The van der Waals surface area contributed by atoms with Crippen LogP contribution in [0.3, 0.4) is 0 Å². The van der Waals surface area contributed by atoms with E-state index in [-0.39, 0.29) is 0 Å². The smallest absolute Gasteiger partial charge is 0.122 e. The highest BCUT2D eigenvalue weighted by Crippen LogP contribution is 2.29. The molecule has 2 aliphatic rings. The first-order chi connectivity index (χ1) is 9.83. The molecule has 1 aliphatic carbocycles. The lowest BCUT2D eigenvalue weighted by molar-refractivity contribution is 0.356. The van der Waals surface area contributed by atoms with Crippen LogP contribution in [-0.4, -0.2) is 12.6 Å². The lowest BCUT2D eigenvalue weighted by atomic mass is 9.95. The van der Waals surface area contributed by atoms with Gasteiger partial charge in [0.05, 0.1) is 6.61 Å². The van der Waals surface area contributed by atoms with Gasteiger partial charge in [-0.2, -0.15) is 0 Å². The van der Waals surface area contributed by atoms with E-state index in [1.165, 1.54) is 56.1 Å². The van der Waals surface area contributed by atoms with Crippen molar-refractivity contribution in [3.63, 3.8) is 0 Å². The monoisotopic (exact) mass is 273 g/mol. The molecule has 1 atom stereocenters. The van der Waals surface area contributed by atoms with E-state index in [1.807, 2.05) is 0 Å². The number of hydrogen-bond acceptors (Lipinski definition) is 2. The Bertz CT molecular complexity index is 435. The lowest BCUT2D eigenvalue weighted by Crippen LogP contribution is -2.32. The molecule has 2 nitrogen and oxygen atoms in total. The van der Waals surface area contributed by atoms with Crippen molar-refractivity contribution in [3.8, 4) is 5.75 Å². The molecule has 20 heavy (non-hydrogen) atoms. The van der Waals surface area contributed by atoms with Crippen LogP contribution in [0.5, 0.6) is 5.75 Å². The summed E-state index contributed by atoms with van der Waals surface area (Å²) < 4.78 is 5.59. The highest BCUT2D eigenvalue weighted by molar-refractivity contribution is 5.40. The van der Waals surface area contributed by atoms with Crippen LogP contribution in [0.1, 0.15) is 69.0 Å². The Morgan fingerprint density at radius 3 is 2.65 bits per heavy atom. The summed E-state index contributed by atoms with van der Waals surface area (Å²) in [5.41, 5.74) is 2.80. The van der Waals surface area contributed by atoms with Gasteiger partial charge in [0.2, 0.25) is 0 Å². The minimum atomic E-state index is 0.449. The highest BCUT2D eigenvalue weighted by atomic mass is 16.5. The molecule has 1 aromatic rings. The van der Waals surface area contributed by atoms with Gasteiger partial charge in [-0.25, -0.2) is 0 Å². The minimum absolute atomic E-state index is 0.449. The van der Waals surface area contributed by atoms with Crippen LogP contribution in [0.15, 0.2) is 18.2 Å². The van der Waals surface area contributed by atoms with E-state index in [4.69, 9.17) is 4.74 Å². The standard InChI is InChI=1S/C18H27NO/c1-14(19-17-7-5-3-2-4-6-8-17)15-9-10-18-16(13-15)11-12-20-18/h9-10,13-14,17,19H,2-8,11-12H2,1H3. The second-order valence-corrected chi connectivity index (χ2v) is 6.40. The van der Waals surface area contributed by atoms with Crippen molar-refractivity contribution in [2.75, 3.05) is 6.61 Å². The zero-order valence-electron chi connectivity index (χ0n) is 12.7. The maximum Gasteiger partial charge on any atom is 0.122 e. The van der Waals surface area contributed by atoms with Crippen molar-refractivity contribution in [3.05, 3.63) is 29.3 Å². The van der Waals surface area contributed by atoms with Crippen molar-refractivity contribution in [2.45, 2.75) is 70.4 Å². The third kappa shape index (κ3) is 3.35. The Labute approximate surface area is 122 Å². The fraction of sp³-hybridized carbons (Fsp3) is 0.667. The molecule has 0 radical (unpaired) electrons. The molecule has 1 saturated carbocycles. The van der Waals surface area contributed by atoms with E-state index in [2.05, 4.69) is 30.4 Å². The summed E-state index contributed by atoms with van der Waals surface area (Å²) in [7, 11) is 0. The summed E-state index contributed by atoms with van der Waals surface area (Å²) in [6.45, 7) is 3.15. The molecule has 1 aromatic carbocycles. The fourth-order valence-electron chi connectivity index (χ4n) is 3.55. The van der Waals surface area contributed by atoms with Gasteiger partial charge in [0.1, 0.15) is 5.75 Å². The van der Waals surface area contributed by atoms with Gasteiger partial charge in [-0.3, -0.25) is 0 Å². The Balaban J connectivity index is 1.61. The number of nitrogens with one attached hydrogen (secondary N) is 1. The Morgan fingerprint density at radius 2 is 1.85 bits per heavy atom. The third-order valence-electron chi connectivity index (χ3n) is 4.80. The second kappa shape index (κ2) is 6.62. The van der Waals surface area contributed by atoms with Crippen LogP contribution in [0, 0.1) is 0 Å². The van der Waals surface area contributed by atoms with Gasteiger partial charge < -0.3 is 10.1 Å². The largest absolute Gasteiger partial charge is 0.493 e. The van der Waals surface area contributed by atoms with Crippen molar-refractivity contribution in [2.24, 2.45) is 0 Å². The molecule has 3 rings (SSSR count). The number of hydrogen-bond donors (Lipinski definition) is 1. The Morgan fingerprint density at radius 1 is 1.10 bits per heavy atom. The number of fused-ring (bicyclic) bond motifs is 1. The van der Waals surface area contributed by atoms with E-state index in [9.17, 15) is 0 Å². The SMILES string of the molecule is CC(NC1CCCCCCC1)c1ccc2c(c1)CCO2. The summed E-state index contributed by atoms with van der Waals surface area (Å²) >= 11 is 0. The topological polar surface area (TPSA) is 21.3 Å². The first-order valence-corrected chi connectivity index (χ1v) is 8.34. The average Bonchev–Trinajstić information content (AvgIpc) is 2.88. The summed E-state index contributed by atoms with van der Waals surface area (Å²) in [4.78, 5) is 0. The highest BCUT2D eigenvalue weighted by Gasteiger charge is 2.17. The van der Waals surface area contributed by atoms with E-state index < -0.39 is 0 Å². The van der Waals surface area contributed by atoms with Gasteiger partial charge >= 0.3 is 0 Å². The van der Waals surface area contributed by atoms with E-state index in [1.54, 1.807) is 0 Å². The average molecular weight is 273 g/mol. The number of benzene rings is 1. The predicted octanol–water partition coefficient (Wildman–Crippen LogP) is 4.39. The van der Waals surface area contributed by atoms with E-state index >= 15 is 0 Å². The van der Waals surface area contributed by atoms with Crippen LogP contribution in [0.4, 0.5) is 0 Å². The van der Waals surface area contributed by atoms with Crippen LogP contribution in [-0.2, 0) is 6.42 Å². The van der Waals surface area contributed by atoms with Crippen LogP contribution in [0.25, 0.3) is 0 Å². The summed E-state index contributed by atoms with van der Waals surface area (Å²) in [5, 5.41) is 3.85. The van der Waals surface area contributed by atoms with Crippen LogP contribution >= 0.6 is 0 Å². The molecule has 0 spiro atoms. The molecule has 0 aromatic heterocycles. The van der Waals surface area contributed by atoms with Crippen molar-refractivity contribution < 1.29 is 4.74 Å². The van der Waals surface area contributed by atoms with E-state index in [0.29, 0.717) is 12.1 Å². The fourth-order valence-corrected chi connectivity index (χ4v) is 3.55. The molecule has 2 heteroatoms. The lowest BCUT2D eigenvalue weighted by Gasteiger charge is -2.25. The summed E-state index contributed by atoms with van der Waals surface area (Å²) in [5.74, 6) is 1.09. The predicted molar refractivity (Wildman–Crippen MR) is 83.3 cm³/mol. The van der Waals surface area contributed by atoms with Gasteiger partial charge in [-0.05, 0) is 37.0 Å². The maximum absolute atomic E-state index is 5.59. The van der Waals surface area contributed by atoms with Gasteiger partial charge in [-0.1, -0.05) is 44.2 Å². The molecule has 0 amide bonds. The van der Waals surface area contributed by atoms with Gasteiger partial charge in [0.25, 0.3) is 0 Å². The molecule has 1 N–H and O–H groups in total. The number of rotatable bonds is 3. The normalized spacial score (nSPS) is 21.6. The molecular formula is C18H27NO. The Hall–Kier alpha value is -1.02. The first kappa shape index (κ1) is 13.9. The minimum Gasteiger partial charge on any atom is -0.493 e. The molecule has 110 valence electrons.